The summed E-state index contributed by atoms with van der Waals surface area (Å²) in [5.74, 6) is 2.13. The van der Waals surface area contributed by atoms with Crippen molar-refractivity contribution in [2.45, 2.75) is 57.5 Å². The second-order valence-corrected chi connectivity index (χ2v) is 9.07. The molecule has 1 saturated carbocycles. The van der Waals surface area contributed by atoms with E-state index < -0.39 is 0 Å². The summed E-state index contributed by atoms with van der Waals surface area (Å²) >= 11 is 0. The Labute approximate surface area is 181 Å². The number of methoxy groups -OCH3 is 1. The molecule has 5 rings (SSSR count). The summed E-state index contributed by atoms with van der Waals surface area (Å²) in [5.41, 5.74) is 1.42. The Kier molecular flexibility index (Phi) is 5.48. The first-order chi connectivity index (χ1) is 15.1. The van der Waals surface area contributed by atoms with Gasteiger partial charge in [-0.1, -0.05) is 19.8 Å². The fourth-order valence-corrected chi connectivity index (χ4v) is 5.28. The van der Waals surface area contributed by atoms with Crippen molar-refractivity contribution in [1.82, 2.24) is 30.1 Å². The minimum Gasteiger partial charge on any atom is -0.497 e. The average Bonchev–Trinajstić information content (AvgIpc) is 3.46. The number of fused-ring (bicyclic) bond motifs is 1. The fraction of sp³-hybridized carbons (Fsp3) is 0.565. The van der Waals surface area contributed by atoms with E-state index in [1.54, 1.807) is 7.11 Å². The van der Waals surface area contributed by atoms with Gasteiger partial charge in [0.1, 0.15) is 11.8 Å². The minimum absolute atomic E-state index is 0.0816. The van der Waals surface area contributed by atoms with E-state index >= 15 is 0 Å². The zero-order valence-corrected chi connectivity index (χ0v) is 18.3. The van der Waals surface area contributed by atoms with Crippen molar-refractivity contribution in [2.75, 3.05) is 20.2 Å². The fourth-order valence-electron chi connectivity index (χ4n) is 5.28. The van der Waals surface area contributed by atoms with Crippen LogP contribution >= 0.6 is 0 Å². The van der Waals surface area contributed by atoms with Gasteiger partial charge in [0.15, 0.2) is 5.82 Å². The molecule has 8 nitrogen and oxygen atoms in total. The summed E-state index contributed by atoms with van der Waals surface area (Å²) in [6.07, 6.45) is 6.90. The van der Waals surface area contributed by atoms with Crippen LogP contribution in [0.15, 0.2) is 29.1 Å². The van der Waals surface area contributed by atoms with Gasteiger partial charge in [0.25, 0.3) is 5.56 Å². The normalized spacial score (nSPS) is 21.5. The summed E-state index contributed by atoms with van der Waals surface area (Å²) in [4.78, 5) is 18.8. The van der Waals surface area contributed by atoms with Crippen LogP contribution in [-0.4, -0.2) is 50.3 Å². The number of nitrogens with zero attached hydrogens (tertiary/aromatic N) is 5. The van der Waals surface area contributed by atoms with E-state index in [9.17, 15) is 4.79 Å². The Morgan fingerprint density at radius 2 is 2.00 bits per heavy atom. The van der Waals surface area contributed by atoms with Crippen LogP contribution in [0.4, 0.5) is 0 Å². The molecule has 1 aliphatic heterocycles. The highest BCUT2D eigenvalue weighted by molar-refractivity contribution is 5.80. The number of ether oxygens (including phenoxy) is 1. The van der Waals surface area contributed by atoms with Gasteiger partial charge in [0.2, 0.25) is 0 Å². The first kappa shape index (κ1) is 20.2. The highest BCUT2D eigenvalue weighted by Crippen LogP contribution is 2.35. The van der Waals surface area contributed by atoms with Crippen molar-refractivity contribution in [2.24, 2.45) is 5.92 Å². The van der Waals surface area contributed by atoms with E-state index in [0.29, 0.717) is 17.5 Å². The molecule has 1 saturated heterocycles. The molecular formula is C23H30N6O2. The van der Waals surface area contributed by atoms with E-state index in [1.165, 1.54) is 19.3 Å². The highest BCUT2D eigenvalue weighted by atomic mass is 16.5. The van der Waals surface area contributed by atoms with E-state index in [2.05, 4.69) is 32.3 Å². The van der Waals surface area contributed by atoms with Crippen LogP contribution < -0.4 is 10.3 Å². The van der Waals surface area contributed by atoms with Crippen LogP contribution in [0.2, 0.25) is 0 Å². The number of aromatic nitrogens is 5. The van der Waals surface area contributed by atoms with Gasteiger partial charge in [0, 0.05) is 23.0 Å². The zero-order chi connectivity index (χ0) is 21.4. The number of piperidine rings is 1. The van der Waals surface area contributed by atoms with Crippen LogP contribution in [0.25, 0.3) is 10.9 Å². The third-order valence-electron chi connectivity index (χ3n) is 6.86. The lowest BCUT2D eigenvalue weighted by Crippen LogP contribution is -2.41. The van der Waals surface area contributed by atoms with Crippen molar-refractivity contribution >= 4 is 10.9 Å². The van der Waals surface area contributed by atoms with Gasteiger partial charge >= 0.3 is 0 Å². The topological polar surface area (TPSA) is 88.9 Å². The predicted octanol–water partition coefficient (Wildman–Crippen LogP) is 3.46. The summed E-state index contributed by atoms with van der Waals surface area (Å²) in [5, 5.41) is 13.8. The lowest BCUT2D eigenvalue weighted by atomic mass is 9.95. The van der Waals surface area contributed by atoms with Crippen LogP contribution in [0.1, 0.15) is 68.9 Å². The molecule has 1 aromatic carbocycles. The maximum atomic E-state index is 13.3. The van der Waals surface area contributed by atoms with Gasteiger partial charge in [-0.25, -0.2) is 4.68 Å². The molecule has 3 aromatic rings. The molecule has 1 aliphatic carbocycles. The van der Waals surface area contributed by atoms with Crippen LogP contribution in [0, 0.1) is 5.92 Å². The largest absolute Gasteiger partial charge is 0.497 e. The van der Waals surface area contributed by atoms with E-state index in [0.717, 1.165) is 54.8 Å². The molecular weight excluding hydrogens is 392 g/mol. The van der Waals surface area contributed by atoms with Crippen molar-refractivity contribution in [3.8, 4) is 5.75 Å². The Morgan fingerprint density at radius 1 is 1.16 bits per heavy atom. The monoisotopic (exact) mass is 422 g/mol. The summed E-state index contributed by atoms with van der Waals surface area (Å²) < 4.78 is 7.40. The quantitative estimate of drug-likeness (QED) is 0.677. The Hall–Kier alpha value is -2.74. The maximum Gasteiger partial charge on any atom is 0.253 e. The van der Waals surface area contributed by atoms with Gasteiger partial charge in [0.05, 0.1) is 13.2 Å². The molecule has 0 spiro atoms. The predicted molar refractivity (Wildman–Crippen MR) is 118 cm³/mol. The molecule has 164 valence electrons. The number of hydrogen-bond donors (Lipinski definition) is 1. The van der Waals surface area contributed by atoms with Crippen molar-refractivity contribution < 1.29 is 4.74 Å². The van der Waals surface area contributed by atoms with Crippen molar-refractivity contribution in [3.05, 3.63) is 46.0 Å². The summed E-state index contributed by atoms with van der Waals surface area (Å²) in [6, 6.07) is 7.76. The van der Waals surface area contributed by atoms with Gasteiger partial charge in [-0.15, -0.1) is 5.10 Å². The van der Waals surface area contributed by atoms with E-state index in [-0.39, 0.29) is 11.6 Å². The van der Waals surface area contributed by atoms with Gasteiger partial charge in [-0.3, -0.25) is 9.69 Å². The number of hydrogen-bond acceptors (Lipinski definition) is 6. The Bertz CT molecular complexity index is 1120. The molecule has 0 amide bonds. The first-order valence-corrected chi connectivity index (χ1v) is 11.4. The smallest absolute Gasteiger partial charge is 0.253 e. The number of tetrazole rings is 1. The third-order valence-corrected chi connectivity index (χ3v) is 6.86. The third kappa shape index (κ3) is 3.84. The number of pyridine rings is 1. The lowest BCUT2D eigenvalue weighted by molar-refractivity contribution is 0.139. The first-order valence-electron chi connectivity index (χ1n) is 11.4. The Balaban J connectivity index is 1.65. The molecule has 2 aromatic heterocycles. The number of benzene rings is 1. The molecule has 2 fully saturated rings. The zero-order valence-electron chi connectivity index (χ0n) is 18.3. The minimum atomic E-state index is -0.266. The van der Waals surface area contributed by atoms with Gasteiger partial charge in [-0.05, 0) is 72.8 Å². The molecule has 2 aliphatic rings. The number of likely N-dealkylation sites (tertiary alicyclic amines) is 1. The van der Waals surface area contributed by atoms with Crippen LogP contribution in [0.5, 0.6) is 5.75 Å². The molecule has 2 atom stereocenters. The van der Waals surface area contributed by atoms with Crippen molar-refractivity contribution in [1.29, 1.82) is 0 Å². The lowest BCUT2D eigenvalue weighted by Gasteiger charge is -2.36. The number of aromatic amines is 1. The maximum absolute atomic E-state index is 13.3. The SMILES string of the molecule is COc1ccc2[nH]c(=O)c([C@@H](c3nnnn3C3CCCC3)N3CCC[C@@H](C)C3)cc2c1. The van der Waals surface area contributed by atoms with Crippen LogP contribution in [0.3, 0.4) is 0 Å². The average molecular weight is 423 g/mol. The van der Waals surface area contributed by atoms with Crippen molar-refractivity contribution in [3.63, 3.8) is 0 Å². The number of rotatable bonds is 5. The van der Waals surface area contributed by atoms with Gasteiger partial charge < -0.3 is 9.72 Å². The second kappa shape index (κ2) is 8.42. The molecule has 3 heterocycles. The number of nitrogens with one attached hydrogen (secondary N) is 1. The molecule has 1 N–H and O–H groups in total. The number of H-pyrrole nitrogens is 1. The second-order valence-electron chi connectivity index (χ2n) is 9.07. The van der Waals surface area contributed by atoms with Gasteiger partial charge in [-0.2, -0.15) is 0 Å². The Morgan fingerprint density at radius 3 is 2.77 bits per heavy atom. The summed E-state index contributed by atoms with van der Waals surface area (Å²) in [6.45, 7) is 4.14. The molecule has 0 unspecified atom stereocenters. The van der Waals surface area contributed by atoms with E-state index in [1.807, 2.05) is 28.9 Å². The highest BCUT2D eigenvalue weighted by Gasteiger charge is 2.34. The van der Waals surface area contributed by atoms with E-state index in [4.69, 9.17) is 4.74 Å². The van der Waals surface area contributed by atoms with Crippen LogP contribution in [-0.2, 0) is 0 Å². The molecule has 8 heteroatoms. The standard InChI is InChI=1S/C23H30N6O2/c1-15-6-5-11-28(14-15)21(22-25-26-27-29(22)17-7-3-4-8-17)19-13-16-12-18(31-2)9-10-20(16)24-23(19)30/h9-10,12-13,15,17,21H,3-8,11,14H2,1-2H3,(H,24,30)/t15-,21+/m1/s1. The molecule has 31 heavy (non-hydrogen) atoms. The molecule has 0 bridgehead atoms. The molecule has 0 radical (unpaired) electrons. The summed E-state index contributed by atoms with van der Waals surface area (Å²) in [7, 11) is 1.65.